The van der Waals surface area contributed by atoms with Crippen molar-refractivity contribution in [3.63, 3.8) is 0 Å². The van der Waals surface area contributed by atoms with E-state index < -0.39 is 10.0 Å². The summed E-state index contributed by atoms with van der Waals surface area (Å²) in [6.45, 7) is 2.40. The van der Waals surface area contributed by atoms with Gasteiger partial charge in [0.15, 0.2) is 5.78 Å². The molecule has 1 heterocycles. The second-order valence-corrected chi connectivity index (χ2v) is 8.64. The highest BCUT2D eigenvalue weighted by Crippen LogP contribution is 2.26. The van der Waals surface area contributed by atoms with Gasteiger partial charge < -0.3 is 5.32 Å². The Morgan fingerprint density at radius 3 is 2.48 bits per heavy atom. The lowest BCUT2D eigenvalue weighted by atomic mass is 10.0. The van der Waals surface area contributed by atoms with Crippen molar-refractivity contribution >= 4 is 33.1 Å². The fraction of sp³-hybridized carbons (Fsp3) is 0.300. The number of hydrogen-bond donors (Lipinski definition) is 1. The van der Waals surface area contributed by atoms with Crippen molar-refractivity contribution in [3.05, 3.63) is 59.7 Å². The van der Waals surface area contributed by atoms with Gasteiger partial charge in [0.2, 0.25) is 15.9 Å². The zero-order valence-corrected chi connectivity index (χ0v) is 16.0. The molecule has 0 radical (unpaired) electrons. The quantitative estimate of drug-likeness (QED) is 0.773. The van der Waals surface area contributed by atoms with Gasteiger partial charge in [-0.2, -0.15) is 0 Å². The maximum atomic E-state index is 12.2. The van der Waals surface area contributed by atoms with Crippen molar-refractivity contribution in [1.29, 1.82) is 0 Å². The largest absolute Gasteiger partial charge is 0.326 e. The van der Waals surface area contributed by atoms with Gasteiger partial charge in [0, 0.05) is 30.6 Å². The van der Waals surface area contributed by atoms with Gasteiger partial charge in [-0.05, 0) is 31.5 Å². The number of rotatable bonds is 6. The van der Waals surface area contributed by atoms with Gasteiger partial charge >= 0.3 is 0 Å². The normalized spacial score (nSPS) is 15.5. The highest BCUT2D eigenvalue weighted by atomic mass is 32.2. The van der Waals surface area contributed by atoms with E-state index in [4.69, 9.17) is 0 Å². The topological polar surface area (TPSA) is 83.6 Å². The number of nitrogens with one attached hydrogen (secondary N) is 1. The van der Waals surface area contributed by atoms with Gasteiger partial charge in [0.25, 0.3) is 0 Å². The van der Waals surface area contributed by atoms with Crippen LogP contribution in [0.3, 0.4) is 0 Å². The van der Waals surface area contributed by atoms with E-state index in [0.717, 1.165) is 5.56 Å². The summed E-state index contributed by atoms with van der Waals surface area (Å²) in [7, 11) is -3.26. The molecule has 6 nitrogen and oxygen atoms in total. The Morgan fingerprint density at radius 2 is 1.81 bits per heavy atom. The number of carbonyl (C=O) groups is 2. The van der Waals surface area contributed by atoms with Crippen LogP contribution in [-0.4, -0.2) is 32.4 Å². The van der Waals surface area contributed by atoms with Crippen molar-refractivity contribution in [2.75, 3.05) is 21.9 Å². The molecule has 1 aliphatic heterocycles. The number of aryl methyl sites for hydroxylation is 1. The predicted molar refractivity (Wildman–Crippen MR) is 106 cm³/mol. The van der Waals surface area contributed by atoms with Gasteiger partial charge in [-0.3, -0.25) is 13.9 Å². The first-order chi connectivity index (χ1) is 12.8. The Bertz CT molecular complexity index is 952. The molecule has 1 aliphatic rings. The molecule has 3 rings (SSSR count). The van der Waals surface area contributed by atoms with Crippen molar-refractivity contribution in [3.8, 4) is 0 Å². The van der Waals surface area contributed by atoms with Crippen LogP contribution < -0.4 is 9.62 Å². The van der Waals surface area contributed by atoms with Gasteiger partial charge in [-0.15, -0.1) is 0 Å². The average Bonchev–Trinajstić information content (AvgIpc) is 2.99. The monoisotopic (exact) mass is 386 g/mol. The molecule has 0 bridgehead atoms. The molecule has 2 aromatic carbocycles. The zero-order chi connectivity index (χ0) is 19.4. The minimum atomic E-state index is -3.26. The molecule has 0 unspecified atom stereocenters. The zero-order valence-electron chi connectivity index (χ0n) is 15.1. The van der Waals surface area contributed by atoms with Crippen LogP contribution in [0.4, 0.5) is 11.4 Å². The summed E-state index contributed by atoms with van der Waals surface area (Å²) >= 11 is 0. The molecule has 1 amide bonds. The van der Waals surface area contributed by atoms with E-state index >= 15 is 0 Å². The fourth-order valence-electron chi connectivity index (χ4n) is 3.00. The highest BCUT2D eigenvalue weighted by Gasteiger charge is 2.28. The van der Waals surface area contributed by atoms with E-state index in [1.165, 1.54) is 4.31 Å². The van der Waals surface area contributed by atoms with E-state index in [-0.39, 0.29) is 30.3 Å². The standard InChI is InChI=1S/C20H22N2O4S/c1-15-6-8-16(9-7-15)19(23)10-11-20(24)21-17-4-2-5-18(14-17)22-12-3-13-27(22,25)26/h2,4-9,14H,3,10-13H2,1H3,(H,21,24). The maximum absolute atomic E-state index is 12.2. The number of benzene rings is 2. The first-order valence-corrected chi connectivity index (χ1v) is 10.5. The molecule has 1 N–H and O–H groups in total. The first-order valence-electron chi connectivity index (χ1n) is 8.85. The molecular formula is C20H22N2O4S. The lowest BCUT2D eigenvalue weighted by Crippen LogP contribution is -2.25. The molecule has 27 heavy (non-hydrogen) atoms. The predicted octanol–water partition coefficient (Wildman–Crippen LogP) is 3.14. The number of amides is 1. The van der Waals surface area contributed by atoms with Crippen molar-refractivity contribution < 1.29 is 18.0 Å². The summed E-state index contributed by atoms with van der Waals surface area (Å²) in [5.41, 5.74) is 2.72. The van der Waals surface area contributed by atoms with Gasteiger partial charge in [-0.1, -0.05) is 35.9 Å². The van der Waals surface area contributed by atoms with E-state index in [1.807, 2.05) is 19.1 Å². The molecule has 0 aliphatic carbocycles. The second kappa shape index (κ2) is 7.92. The fourth-order valence-corrected chi connectivity index (χ4v) is 4.56. The third kappa shape index (κ3) is 4.74. The number of carbonyl (C=O) groups excluding carboxylic acids is 2. The van der Waals surface area contributed by atoms with Crippen LogP contribution >= 0.6 is 0 Å². The molecule has 0 atom stereocenters. The lowest BCUT2D eigenvalue weighted by molar-refractivity contribution is -0.116. The van der Waals surface area contributed by atoms with Crippen LogP contribution in [-0.2, 0) is 14.8 Å². The van der Waals surface area contributed by atoms with Crippen molar-refractivity contribution in [2.45, 2.75) is 26.2 Å². The number of hydrogen-bond acceptors (Lipinski definition) is 4. The van der Waals surface area contributed by atoms with Crippen LogP contribution in [0.25, 0.3) is 0 Å². The average molecular weight is 386 g/mol. The molecule has 0 spiro atoms. The van der Waals surface area contributed by atoms with Crippen LogP contribution in [0, 0.1) is 6.92 Å². The molecule has 1 saturated heterocycles. The summed E-state index contributed by atoms with van der Waals surface area (Å²) in [6, 6.07) is 14.0. The molecule has 0 aromatic heterocycles. The number of sulfonamides is 1. The minimum Gasteiger partial charge on any atom is -0.326 e. The SMILES string of the molecule is Cc1ccc(C(=O)CCC(=O)Nc2cccc(N3CCCS3(=O)=O)c2)cc1. The van der Waals surface area contributed by atoms with E-state index in [9.17, 15) is 18.0 Å². The summed E-state index contributed by atoms with van der Waals surface area (Å²) in [6.07, 6.45) is 0.786. The Kier molecular flexibility index (Phi) is 5.60. The Balaban J connectivity index is 1.59. The highest BCUT2D eigenvalue weighted by molar-refractivity contribution is 7.93. The van der Waals surface area contributed by atoms with E-state index in [1.54, 1.807) is 36.4 Å². The Morgan fingerprint density at radius 1 is 1.07 bits per heavy atom. The van der Waals surface area contributed by atoms with Crippen molar-refractivity contribution in [2.24, 2.45) is 0 Å². The summed E-state index contributed by atoms with van der Waals surface area (Å²) < 4.78 is 25.4. The van der Waals surface area contributed by atoms with Crippen LogP contribution in [0.2, 0.25) is 0 Å². The Labute approximate surface area is 159 Å². The summed E-state index contributed by atoms with van der Waals surface area (Å²) in [5.74, 6) is -0.219. The van der Waals surface area contributed by atoms with E-state index in [2.05, 4.69) is 5.32 Å². The van der Waals surface area contributed by atoms with Crippen LogP contribution in [0.5, 0.6) is 0 Å². The van der Waals surface area contributed by atoms with Crippen LogP contribution in [0.1, 0.15) is 35.2 Å². The summed E-state index contributed by atoms with van der Waals surface area (Å²) in [5, 5.41) is 2.74. The Hall–Kier alpha value is -2.67. The third-order valence-corrected chi connectivity index (χ3v) is 6.34. The lowest BCUT2D eigenvalue weighted by Gasteiger charge is -2.17. The molecule has 0 saturated carbocycles. The molecule has 2 aromatic rings. The van der Waals surface area contributed by atoms with Gasteiger partial charge in [-0.25, -0.2) is 8.42 Å². The van der Waals surface area contributed by atoms with E-state index in [0.29, 0.717) is 29.9 Å². The summed E-state index contributed by atoms with van der Waals surface area (Å²) in [4.78, 5) is 24.3. The number of Topliss-reactive ketones (excluding diaryl/α,β-unsaturated/α-hetero) is 1. The van der Waals surface area contributed by atoms with Gasteiger partial charge in [0.1, 0.15) is 0 Å². The molecule has 7 heteroatoms. The molecule has 142 valence electrons. The van der Waals surface area contributed by atoms with Gasteiger partial charge in [0.05, 0.1) is 11.4 Å². The second-order valence-electron chi connectivity index (χ2n) is 6.63. The minimum absolute atomic E-state index is 0.0684. The van der Waals surface area contributed by atoms with Crippen molar-refractivity contribution in [1.82, 2.24) is 0 Å². The molecular weight excluding hydrogens is 364 g/mol. The number of nitrogens with zero attached hydrogens (tertiary/aromatic N) is 1. The first kappa shape index (κ1) is 19.1. The number of anilines is 2. The van der Waals surface area contributed by atoms with Crippen LogP contribution in [0.15, 0.2) is 48.5 Å². The maximum Gasteiger partial charge on any atom is 0.235 e. The smallest absolute Gasteiger partial charge is 0.235 e. The number of ketones is 1. The third-order valence-electron chi connectivity index (χ3n) is 4.47. The molecule has 1 fully saturated rings.